The van der Waals surface area contributed by atoms with Crippen LogP contribution in [0.25, 0.3) is 0 Å². The van der Waals surface area contributed by atoms with Crippen LogP contribution in [0.3, 0.4) is 0 Å². The maximum Gasteiger partial charge on any atom is 0.339 e. The molecule has 2 rings (SSSR count). The summed E-state index contributed by atoms with van der Waals surface area (Å²) in [5.74, 6) is -0.790. The highest BCUT2D eigenvalue weighted by Gasteiger charge is 2.52. The Kier molecular flexibility index (Phi) is 3.70. The number of methoxy groups -OCH3 is 1. The number of carboxylic acids is 1. The van der Waals surface area contributed by atoms with Gasteiger partial charge in [-0.1, -0.05) is 13.8 Å². The minimum atomic E-state index is -1.06. The zero-order valence-corrected chi connectivity index (χ0v) is 11.9. The van der Waals surface area contributed by atoms with Crippen LogP contribution in [-0.2, 0) is 4.79 Å². The molecule has 2 unspecified atom stereocenters. The quantitative estimate of drug-likeness (QED) is 0.867. The summed E-state index contributed by atoms with van der Waals surface area (Å²) in [7, 11) is 1.41. The predicted molar refractivity (Wildman–Crippen MR) is 75.1 cm³/mol. The van der Waals surface area contributed by atoms with E-state index in [1.807, 2.05) is 0 Å². The van der Waals surface area contributed by atoms with E-state index in [0.717, 1.165) is 12.8 Å². The average molecular weight is 277 g/mol. The first-order valence-electron chi connectivity index (χ1n) is 6.63. The number of anilines is 1. The molecule has 0 spiro atoms. The highest BCUT2D eigenvalue weighted by Crippen LogP contribution is 2.55. The summed E-state index contributed by atoms with van der Waals surface area (Å²) in [6, 6.07) is 4.55. The van der Waals surface area contributed by atoms with Crippen molar-refractivity contribution >= 4 is 17.6 Å². The van der Waals surface area contributed by atoms with Crippen molar-refractivity contribution in [2.75, 3.05) is 12.4 Å². The van der Waals surface area contributed by atoms with E-state index in [4.69, 9.17) is 9.84 Å². The number of aromatic carboxylic acids is 1. The van der Waals surface area contributed by atoms with Crippen molar-refractivity contribution in [3.05, 3.63) is 23.8 Å². The van der Waals surface area contributed by atoms with Crippen molar-refractivity contribution in [3.63, 3.8) is 0 Å². The van der Waals surface area contributed by atoms with E-state index in [-0.39, 0.29) is 28.6 Å². The molecule has 1 amide bonds. The summed E-state index contributed by atoms with van der Waals surface area (Å²) in [4.78, 5) is 23.1. The molecule has 20 heavy (non-hydrogen) atoms. The molecule has 5 heteroatoms. The first kappa shape index (κ1) is 14.4. The van der Waals surface area contributed by atoms with Crippen LogP contribution in [0.15, 0.2) is 18.2 Å². The summed E-state index contributed by atoms with van der Waals surface area (Å²) in [6.45, 7) is 4.18. The first-order valence-corrected chi connectivity index (χ1v) is 6.63. The Morgan fingerprint density at radius 3 is 2.70 bits per heavy atom. The molecule has 2 N–H and O–H groups in total. The van der Waals surface area contributed by atoms with E-state index in [2.05, 4.69) is 19.2 Å². The SMILES string of the molecule is CCC1(C)CC1C(=O)Nc1ccc(C(=O)O)c(OC)c1. The van der Waals surface area contributed by atoms with Gasteiger partial charge in [0.2, 0.25) is 5.91 Å². The van der Waals surface area contributed by atoms with Crippen molar-refractivity contribution < 1.29 is 19.4 Å². The lowest BCUT2D eigenvalue weighted by Crippen LogP contribution is -2.17. The van der Waals surface area contributed by atoms with Gasteiger partial charge in [-0.05, 0) is 30.4 Å². The Bertz CT molecular complexity index is 555. The summed E-state index contributed by atoms with van der Waals surface area (Å²) in [6.07, 6.45) is 1.88. The molecular formula is C15H19NO4. The zero-order valence-electron chi connectivity index (χ0n) is 11.9. The van der Waals surface area contributed by atoms with Crippen LogP contribution < -0.4 is 10.1 Å². The number of carbonyl (C=O) groups is 2. The largest absolute Gasteiger partial charge is 0.496 e. The smallest absolute Gasteiger partial charge is 0.339 e. The average Bonchev–Trinajstić information content (AvgIpc) is 3.11. The van der Waals surface area contributed by atoms with Gasteiger partial charge in [0.1, 0.15) is 11.3 Å². The number of rotatable bonds is 5. The minimum absolute atomic E-state index is 0.0144. The van der Waals surface area contributed by atoms with Crippen LogP contribution in [0, 0.1) is 11.3 Å². The lowest BCUT2D eigenvalue weighted by Gasteiger charge is -2.11. The molecule has 2 atom stereocenters. The van der Waals surface area contributed by atoms with Crippen molar-refractivity contribution in [2.45, 2.75) is 26.7 Å². The van der Waals surface area contributed by atoms with Crippen molar-refractivity contribution in [1.29, 1.82) is 0 Å². The van der Waals surface area contributed by atoms with Crippen molar-refractivity contribution in [2.24, 2.45) is 11.3 Å². The third kappa shape index (κ3) is 2.61. The molecule has 108 valence electrons. The molecular weight excluding hydrogens is 258 g/mol. The van der Waals surface area contributed by atoms with E-state index in [0.29, 0.717) is 5.69 Å². The Balaban J connectivity index is 2.11. The Hall–Kier alpha value is -2.04. The normalized spacial score (nSPS) is 24.1. The number of benzene rings is 1. The summed E-state index contributed by atoms with van der Waals surface area (Å²) >= 11 is 0. The summed E-state index contributed by atoms with van der Waals surface area (Å²) in [5.41, 5.74) is 0.743. The molecule has 0 bridgehead atoms. The van der Waals surface area contributed by atoms with Gasteiger partial charge in [-0.3, -0.25) is 4.79 Å². The van der Waals surface area contributed by atoms with Crippen LogP contribution in [-0.4, -0.2) is 24.1 Å². The molecule has 1 fully saturated rings. The Labute approximate surface area is 117 Å². The van der Waals surface area contributed by atoms with Gasteiger partial charge in [0.25, 0.3) is 0 Å². The van der Waals surface area contributed by atoms with Gasteiger partial charge < -0.3 is 15.2 Å². The Morgan fingerprint density at radius 2 is 2.20 bits per heavy atom. The van der Waals surface area contributed by atoms with Crippen LogP contribution in [0.2, 0.25) is 0 Å². The molecule has 1 aliphatic carbocycles. The maximum absolute atomic E-state index is 12.1. The maximum atomic E-state index is 12.1. The lowest BCUT2D eigenvalue weighted by atomic mass is 10.0. The van der Waals surface area contributed by atoms with E-state index in [1.165, 1.54) is 19.2 Å². The molecule has 0 heterocycles. The first-order chi connectivity index (χ1) is 9.41. The minimum Gasteiger partial charge on any atom is -0.496 e. The fraction of sp³-hybridized carbons (Fsp3) is 0.467. The number of hydrogen-bond donors (Lipinski definition) is 2. The van der Waals surface area contributed by atoms with Gasteiger partial charge in [0.15, 0.2) is 0 Å². The van der Waals surface area contributed by atoms with Gasteiger partial charge in [-0.2, -0.15) is 0 Å². The molecule has 0 aliphatic heterocycles. The van der Waals surface area contributed by atoms with E-state index in [9.17, 15) is 9.59 Å². The van der Waals surface area contributed by atoms with Gasteiger partial charge in [0.05, 0.1) is 7.11 Å². The lowest BCUT2D eigenvalue weighted by molar-refractivity contribution is -0.118. The molecule has 1 saturated carbocycles. The zero-order chi connectivity index (χ0) is 14.9. The molecule has 5 nitrogen and oxygen atoms in total. The molecule has 1 aliphatic rings. The topological polar surface area (TPSA) is 75.6 Å². The Morgan fingerprint density at radius 1 is 1.50 bits per heavy atom. The van der Waals surface area contributed by atoms with Crippen LogP contribution >= 0.6 is 0 Å². The second kappa shape index (κ2) is 5.15. The van der Waals surface area contributed by atoms with Crippen LogP contribution in [0.1, 0.15) is 37.0 Å². The molecule has 1 aromatic rings. The predicted octanol–water partition coefficient (Wildman–Crippen LogP) is 2.77. The molecule has 0 aromatic heterocycles. The van der Waals surface area contributed by atoms with Crippen molar-refractivity contribution in [1.82, 2.24) is 0 Å². The van der Waals surface area contributed by atoms with Crippen LogP contribution in [0.5, 0.6) is 5.75 Å². The highest BCUT2D eigenvalue weighted by molar-refractivity contribution is 5.97. The molecule has 1 aromatic carbocycles. The number of nitrogens with one attached hydrogen (secondary N) is 1. The van der Waals surface area contributed by atoms with Gasteiger partial charge in [-0.25, -0.2) is 4.79 Å². The number of carbonyl (C=O) groups excluding carboxylic acids is 1. The van der Waals surface area contributed by atoms with E-state index in [1.54, 1.807) is 6.07 Å². The standard InChI is InChI=1S/C15H19NO4/c1-4-15(2)8-11(15)13(17)16-9-5-6-10(14(18)19)12(7-9)20-3/h5-7,11H,4,8H2,1-3H3,(H,16,17)(H,18,19). The summed E-state index contributed by atoms with van der Waals surface area (Å²) in [5, 5.41) is 11.8. The van der Waals surface area contributed by atoms with Gasteiger partial charge in [-0.15, -0.1) is 0 Å². The monoisotopic (exact) mass is 277 g/mol. The summed E-state index contributed by atoms with van der Waals surface area (Å²) < 4.78 is 5.03. The fourth-order valence-electron chi connectivity index (χ4n) is 2.38. The van der Waals surface area contributed by atoms with E-state index < -0.39 is 5.97 Å². The third-order valence-corrected chi connectivity index (χ3v) is 4.18. The second-order valence-electron chi connectivity index (χ2n) is 5.47. The number of hydrogen-bond acceptors (Lipinski definition) is 3. The van der Waals surface area contributed by atoms with E-state index >= 15 is 0 Å². The number of ether oxygens (including phenoxy) is 1. The molecule has 0 saturated heterocycles. The number of amides is 1. The van der Waals surface area contributed by atoms with Crippen LogP contribution in [0.4, 0.5) is 5.69 Å². The van der Waals surface area contributed by atoms with Gasteiger partial charge >= 0.3 is 5.97 Å². The number of carboxylic acid groups (broad SMARTS) is 1. The molecule has 0 radical (unpaired) electrons. The highest BCUT2D eigenvalue weighted by atomic mass is 16.5. The van der Waals surface area contributed by atoms with Crippen molar-refractivity contribution in [3.8, 4) is 5.75 Å². The fourth-order valence-corrected chi connectivity index (χ4v) is 2.38. The third-order valence-electron chi connectivity index (χ3n) is 4.18. The van der Waals surface area contributed by atoms with Gasteiger partial charge in [0, 0.05) is 17.7 Å². The second-order valence-corrected chi connectivity index (χ2v) is 5.47.